The number of amides is 1. The first-order chi connectivity index (χ1) is 13.5. The maximum absolute atomic E-state index is 12.7. The molecule has 0 aliphatic heterocycles. The summed E-state index contributed by atoms with van der Waals surface area (Å²) < 4.78 is 49.9. The zero-order valence-electron chi connectivity index (χ0n) is 15.3. The molecule has 2 rings (SSSR count). The van der Waals surface area contributed by atoms with Crippen molar-refractivity contribution in [1.82, 2.24) is 5.06 Å². The number of benzene rings is 2. The molecule has 0 spiro atoms. The van der Waals surface area contributed by atoms with Gasteiger partial charge in [0.25, 0.3) is 0 Å². The molecule has 2 aromatic carbocycles. The SMILES string of the molecule is CC(=O)N(C/C=C(\c1ccc(C(F)(F)F)cc1)P(=O)(O)O)OCc1ccccc1. The molecule has 0 fully saturated rings. The number of hydrogen-bond acceptors (Lipinski definition) is 3. The van der Waals surface area contributed by atoms with Crippen molar-refractivity contribution in [3.63, 3.8) is 0 Å². The van der Waals surface area contributed by atoms with Crippen LogP contribution >= 0.6 is 7.60 Å². The third-order valence-electron chi connectivity index (χ3n) is 3.85. The van der Waals surface area contributed by atoms with Gasteiger partial charge >= 0.3 is 13.8 Å². The molecule has 2 aromatic rings. The summed E-state index contributed by atoms with van der Waals surface area (Å²) in [5, 5.41) is 0.410. The fraction of sp³-hybridized carbons (Fsp3) is 0.211. The van der Waals surface area contributed by atoms with Crippen LogP contribution in [0.25, 0.3) is 5.31 Å². The number of nitrogens with zero attached hydrogens (tertiary/aromatic N) is 1. The van der Waals surface area contributed by atoms with Gasteiger partial charge in [0.2, 0.25) is 5.91 Å². The zero-order chi connectivity index (χ0) is 21.7. The molecule has 0 radical (unpaired) electrons. The molecule has 2 N–H and O–H groups in total. The number of carbonyl (C=O) groups excluding carboxylic acids is 1. The zero-order valence-corrected chi connectivity index (χ0v) is 16.2. The molecule has 0 saturated heterocycles. The van der Waals surface area contributed by atoms with Gasteiger partial charge in [-0.15, -0.1) is 0 Å². The summed E-state index contributed by atoms with van der Waals surface area (Å²) >= 11 is 0. The Morgan fingerprint density at radius 2 is 1.69 bits per heavy atom. The van der Waals surface area contributed by atoms with E-state index in [9.17, 15) is 32.3 Å². The van der Waals surface area contributed by atoms with Gasteiger partial charge in [-0.2, -0.15) is 13.2 Å². The molecule has 1 amide bonds. The highest BCUT2D eigenvalue weighted by molar-refractivity contribution is 7.63. The van der Waals surface area contributed by atoms with Crippen LogP contribution in [0.2, 0.25) is 0 Å². The first-order valence-corrected chi connectivity index (χ1v) is 9.98. The van der Waals surface area contributed by atoms with Crippen molar-refractivity contribution in [3.05, 3.63) is 77.4 Å². The second-order valence-electron chi connectivity index (χ2n) is 6.05. The predicted molar refractivity (Wildman–Crippen MR) is 100 cm³/mol. The average molecular weight is 429 g/mol. The van der Waals surface area contributed by atoms with Crippen LogP contribution in [0.1, 0.15) is 23.6 Å². The lowest BCUT2D eigenvalue weighted by Crippen LogP contribution is -2.29. The summed E-state index contributed by atoms with van der Waals surface area (Å²) in [5.41, 5.74) is -0.249. The van der Waals surface area contributed by atoms with E-state index in [1.165, 1.54) is 6.92 Å². The van der Waals surface area contributed by atoms with E-state index in [1.807, 2.05) is 6.07 Å². The Morgan fingerprint density at radius 3 is 2.17 bits per heavy atom. The molecule has 156 valence electrons. The van der Waals surface area contributed by atoms with E-state index >= 15 is 0 Å². The predicted octanol–water partition coefficient (Wildman–Crippen LogP) is 4.20. The number of halogens is 3. The van der Waals surface area contributed by atoms with E-state index < -0.39 is 30.6 Å². The largest absolute Gasteiger partial charge is 0.416 e. The molecular weight excluding hydrogens is 410 g/mol. The minimum absolute atomic E-state index is 0.0553. The van der Waals surface area contributed by atoms with Gasteiger partial charge < -0.3 is 9.79 Å². The van der Waals surface area contributed by atoms with Crippen molar-refractivity contribution in [2.24, 2.45) is 0 Å². The van der Waals surface area contributed by atoms with Gasteiger partial charge in [0.05, 0.1) is 17.4 Å². The summed E-state index contributed by atoms with van der Waals surface area (Å²) in [7, 11) is -4.83. The van der Waals surface area contributed by atoms with E-state index in [0.29, 0.717) is 0 Å². The van der Waals surface area contributed by atoms with E-state index in [0.717, 1.165) is 41.0 Å². The number of rotatable bonds is 7. The van der Waals surface area contributed by atoms with Crippen molar-refractivity contribution in [1.29, 1.82) is 0 Å². The van der Waals surface area contributed by atoms with Crippen LogP contribution in [0.15, 0.2) is 60.7 Å². The smallest absolute Gasteiger partial charge is 0.321 e. The van der Waals surface area contributed by atoms with Crippen LogP contribution in [-0.4, -0.2) is 27.3 Å². The molecule has 6 nitrogen and oxygen atoms in total. The van der Waals surface area contributed by atoms with Crippen molar-refractivity contribution >= 4 is 18.8 Å². The summed E-state index contributed by atoms with van der Waals surface area (Å²) in [6, 6.07) is 12.3. The molecule has 10 heteroatoms. The second-order valence-corrected chi connectivity index (χ2v) is 7.62. The Hall–Kier alpha value is -2.45. The van der Waals surface area contributed by atoms with Crippen molar-refractivity contribution in [2.45, 2.75) is 19.7 Å². The van der Waals surface area contributed by atoms with Crippen LogP contribution in [0.3, 0.4) is 0 Å². The highest BCUT2D eigenvalue weighted by atomic mass is 31.2. The highest BCUT2D eigenvalue weighted by Crippen LogP contribution is 2.51. The third kappa shape index (κ3) is 6.83. The molecule has 0 aliphatic rings. The third-order valence-corrected chi connectivity index (χ3v) is 4.92. The van der Waals surface area contributed by atoms with Crippen LogP contribution in [-0.2, 0) is 27.0 Å². The summed E-state index contributed by atoms with van der Waals surface area (Å²) in [6.45, 7) is 0.970. The van der Waals surface area contributed by atoms with Crippen molar-refractivity contribution < 1.29 is 37.2 Å². The maximum Gasteiger partial charge on any atom is 0.416 e. The normalized spacial score (nSPS) is 12.7. The minimum Gasteiger partial charge on any atom is -0.321 e. The van der Waals surface area contributed by atoms with E-state index in [2.05, 4.69) is 0 Å². The Balaban J connectivity index is 2.22. The Labute approximate surface area is 165 Å². The summed E-state index contributed by atoms with van der Waals surface area (Å²) in [4.78, 5) is 36.4. The van der Waals surface area contributed by atoms with Gasteiger partial charge in [0.1, 0.15) is 6.61 Å². The van der Waals surface area contributed by atoms with Crippen LogP contribution < -0.4 is 0 Å². The van der Waals surface area contributed by atoms with Gasteiger partial charge in [-0.3, -0.25) is 14.2 Å². The van der Waals surface area contributed by atoms with E-state index in [-0.39, 0.29) is 18.7 Å². The molecule has 0 saturated carbocycles. The molecule has 0 bridgehead atoms. The highest BCUT2D eigenvalue weighted by Gasteiger charge is 2.31. The molecule has 0 aromatic heterocycles. The van der Waals surface area contributed by atoms with Gasteiger partial charge in [-0.05, 0) is 29.3 Å². The van der Waals surface area contributed by atoms with Gasteiger partial charge in [0.15, 0.2) is 0 Å². The van der Waals surface area contributed by atoms with E-state index in [1.54, 1.807) is 24.3 Å². The lowest BCUT2D eigenvalue weighted by atomic mass is 10.1. The lowest BCUT2D eigenvalue weighted by Gasteiger charge is -2.20. The van der Waals surface area contributed by atoms with Gasteiger partial charge in [-0.25, -0.2) is 5.06 Å². The number of alkyl halides is 3. The Bertz CT molecular complexity index is 908. The average Bonchev–Trinajstić information content (AvgIpc) is 2.63. The topological polar surface area (TPSA) is 87.1 Å². The molecule has 0 aliphatic carbocycles. The van der Waals surface area contributed by atoms with E-state index in [4.69, 9.17) is 4.84 Å². The fourth-order valence-electron chi connectivity index (χ4n) is 2.40. The molecule has 0 heterocycles. The lowest BCUT2D eigenvalue weighted by molar-refractivity contribution is -0.185. The van der Waals surface area contributed by atoms with Gasteiger partial charge in [-0.1, -0.05) is 42.5 Å². The first kappa shape index (κ1) is 22.8. The number of carbonyl (C=O) groups is 1. The quantitative estimate of drug-likeness (QED) is 0.509. The summed E-state index contributed by atoms with van der Waals surface area (Å²) in [6.07, 6.45) is -3.50. The Kier molecular flexibility index (Phi) is 7.37. The number of hydroxylamine groups is 2. The van der Waals surface area contributed by atoms with Crippen molar-refractivity contribution in [2.75, 3.05) is 6.54 Å². The van der Waals surface area contributed by atoms with Crippen molar-refractivity contribution in [3.8, 4) is 0 Å². The minimum atomic E-state index is -4.83. The molecule has 29 heavy (non-hydrogen) atoms. The van der Waals surface area contributed by atoms with Crippen LogP contribution in [0, 0.1) is 0 Å². The van der Waals surface area contributed by atoms with Crippen LogP contribution in [0.4, 0.5) is 13.2 Å². The molecular formula is C19H19F3NO5P. The standard InChI is InChI=1S/C19H19F3NO5P/c1-14(24)23(28-13-15-5-3-2-4-6-15)12-11-18(29(25,26)27)16-7-9-17(10-8-16)19(20,21)22/h2-11H,12-13H2,1H3,(H2,25,26,27)/b18-11+. The monoisotopic (exact) mass is 429 g/mol. The fourth-order valence-corrected chi connectivity index (χ4v) is 3.21. The second kappa shape index (κ2) is 9.37. The number of hydrogen-bond donors (Lipinski definition) is 2. The molecule has 0 unspecified atom stereocenters. The first-order valence-electron chi connectivity index (χ1n) is 8.37. The van der Waals surface area contributed by atoms with Gasteiger partial charge in [0, 0.05) is 6.92 Å². The maximum atomic E-state index is 12.7. The molecule has 0 atom stereocenters. The van der Waals surface area contributed by atoms with Crippen LogP contribution in [0.5, 0.6) is 0 Å². The Morgan fingerprint density at radius 1 is 1.10 bits per heavy atom. The summed E-state index contributed by atoms with van der Waals surface area (Å²) in [5.74, 6) is -0.505.